The third-order valence-corrected chi connectivity index (χ3v) is 2.84. The molecule has 1 aromatic rings. The molecule has 0 aliphatic carbocycles. The molecule has 2 N–H and O–H groups in total. The van der Waals surface area contributed by atoms with Gasteiger partial charge in [-0.2, -0.15) is 0 Å². The van der Waals surface area contributed by atoms with Gasteiger partial charge < -0.3 is 10.4 Å². The molecule has 0 saturated carbocycles. The molecule has 1 aromatic carbocycles. The number of carbonyl (C=O) groups is 2. The Bertz CT molecular complexity index is 414. The Morgan fingerprint density at radius 3 is 2.11 bits per heavy atom. The maximum absolute atomic E-state index is 12.1. The molecule has 18 heavy (non-hydrogen) atoms. The predicted octanol–water partition coefficient (Wildman–Crippen LogP) is 2.02. The average molecular weight is 249 g/mol. The first-order valence-electron chi connectivity index (χ1n) is 6.01. The molecule has 4 heteroatoms. The molecule has 0 bridgehead atoms. The SMILES string of the molecule is CC(NC(=O)C(c1ccccc1)C(C)C)C(=O)O. The zero-order chi connectivity index (χ0) is 13.7. The lowest BCUT2D eigenvalue weighted by Gasteiger charge is -2.22. The summed E-state index contributed by atoms with van der Waals surface area (Å²) in [6.45, 7) is 5.36. The fourth-order valence-corrected chi connectivity index (χ4v) is 1.86. The first kappa shape index (κ1) is 14.2. The van der Waals surface area contributed by atoms with Crippen LogP contribution < -0.4 is 5.32 Å². The van der Waals surface area contributed by atoms with Crippen LogP contribution in [0.15, 0.2) is 30.3 Å². The highest BCUT2D eigenvalue weighted by molar-refractivity contribution is 5.88. The number of nitrogens with one attached hydrogen (secondary N) is 1. The summed E-state index contributed by atoms with van der Waals surface area (Å²) in [6, 6.07) is 8.53. The van der Waals surface area contributed by atoms with Crippen molar-refractivity contribution in [3.05, 3.63) is 35.9 Å². The van der Waals surface area contributed by atoms with E-state index in [4.69, 9.17) is 5.11 Å². The van der Waals surface area contributed by atoms with Crippen LogP contribution in [0.3, 0.4) is 0 Å². The number of benzene rings is 1. The molecule has 0 fully saturated rings. The fourth-order valence-electron chi connectivity index (χ4n) is 1.86. The van der Waals surface area contributed by atoms with Crippen molar-refractivity contribution >= 4 is 11.9 Å². The highest BCUT2D eigenvalue weighted by Gasteiger charge is 2.26. The van der Waals surface area contributed by atoms with Gasteiger partial charge in [-0.1, -0.05) is 44.2 Å². The molecule has 0 aliphatic heterocycles. The Labute approximate surface area is 107 Å². The lowest BCUT2D eigenvalue weighted by atomic mass is 9.87. The summed E-state index contributed by atoms with van der Waals surface area (Å²) in [5.41, 5.74) is 0.905. The summed E-state index contributed by atoms with van der Waals surface area (Å²) in [5.74, 6) is -1.49. The topological polar surface area (TPSA) is 66.4 Å². The van der Waals surface area contributed by atoms with Crippen molar-refractivity contribution in [1.29, 1.82) is 0 Å². The summed E-state index contributed by atoms with van der Waals surface area (Å²) >= 11 is 0. The zero-order valence-corrected chi connectivity index (χ0v) is 10.9. The second kappa shape index (κ2) is 6.19. The van der Waals surface area contributed by atoms with Crippen LogP contribution in [0.25, 0.3) is 0 Å². The molecule has 2 atom stereocenters. The lowest BCUT2D eigenvalue weighted by Crippen LogP contribution is -2.42. The van der Waals surface area contributed by atoms with Gasteiger partial charge in [-0.25, -0.2) is 0 Å². The number of carbonyl (C=O) groups excluding carboxylic acids is 1. The number of carboxylic acid groups (broad SMARTS) is 1. The number of aliphatic carboxylic acids is 1. The van der Waals surface area contributed by atoms with Gasteiger partial charge in [0.2, 0.25) is 5.91 Å². The van der Waals surface area contributed by atoms with Crippen LogP contribution in [0.2, 0.25) is 0 Å². The normalized spacial score (nSPS) is 14.0. The highest BCUT2D eigenvalue weighted by atomic mass is 16.4. The number of hydrogen-bond donors (Lipinski definition) is 2. The van der Waals surface area contributed by atoms with Gasteiger partial charge in [0.05, 0.1) is 5.92 Å². The van der Waals surface area contributed by atoms with Crippen molar-refractivity contribution in [1.82, 2.24) is 5.32 Å². The molecule has 0 heterocycles. The minimum Gasteiger partial charge on any atom is -0.480 e. The smallest absolute Gasteiger partial charge is 0.325 e. The van der Waals surface area contributed by atoms with Gasteiger partial charge in [0.1, 0.15) is 6.04 Å². The molecule has 0 radical (unpaired) electrons. The summed E-state index contributed by atoms with van der Waals surface area (Å²) < 4.78 is 0. The van der Waals surface area contributed by atoms with Gasteiger partial charge in [-0.15, -0.1) is 0 Å². The van der Waals surface area contributed by atoms with E-state index in [1.807, 2.05) is 44.2 Å². The monoisotopic (exact) mass is 249 g/mol. The second-order valence-corrected chi connectivity index (χ2v) is 4.70. The first-order valence-corrected chi connectivity index (χ1v) is 6.01. The highest BCUT2D eigenvalue weighted by Crippen LogP contribution is 2.24. The molecular formula is C14H19NO3. The molecule has 0 spiro atoms. The van der Waals surface area contributed by atoms with Crippen LogP contribution in [0.4, 0.5) is 0 Å². The van der Waals surface area contributed by atoms with E-state index < -0.39 is 12.0 Å². The molecule has 0 aromatic heterocycles. The van der Waals surface area contributed by atoms with Gasteiger partial charge in [0.15, 0.2) is 0 Å². The Hall–Kier alpha value is -1.84. The Morgan fingerprint density at radius 2 is 1.67 bits per heavy atom. The molecule has 0 saturated heterocycles. The maximum atomic E-state index is 12.1. The van der Waals surface area contributed by atoms with E-state index in [1.54, 1.807) is 0 Å². The van der Waals surface area contributed by atoms with Gasteiger partial charge in [0, 0.05) is 0 Å². The summed E-state index contributed by atoms with van der Waals surface area (Å²) in [5, 5.41) is 11.3. The third kappa shape index (κ3) is 3.58. The van der Waals surface area contributed by atoms with Crippen molar-refractivity contribution in [2.45, 2.75) is 32.7 Å². The van der Waals surface area contributed by atoms with E-state index in [-0.39, 0.29) is 17.7 Å². The summed E-state index contributed by atoms with van der Waals surface area (Å²) in [6.07, 6.45) is 0. The molecule has 2 unspecified atom stereocenters. The quantitative estimate of drug-likeness (QED) is 0.839. The number of carboxylic acids is 1. The molecule has 4 nitrogen and oxygen atoms in total. The molecule has 0 aliphatic rings. The van der Waals surface area contributed by atoms with Crippen LogP contribution in [0.5, 0.6) is 0 Å². The second-order valence-electron chi connectivity index (χ2n) is 4.70. The van der Waals surface area contributed by atoms with Gasteiger partial charge >= 0.3 is 5.97 Å². The standard InChI is InChI=1S/C14H19NO3/c1-9(2)12(11-7-5-4-6-8-11)13(16)15-10(3)14(17)18/h4-10,12H,1-3H3,(H,15,16)(H,17,18). The third-order valence-electron chi connectivity index (χ3n) is 2.84. The maximum Gasteiger partial charge on any atom is 0.325 e. The molecule has 98 valence electrons. The van der Waals surface area contributed by atoms with E-state index in [0.29, 0.717) is 0 Å². The van der Waals surface area contributed by atoms with Crippen molar-refractivity contribution in [3.63, 3.8) is 0 Å². The van der Waals surface area contributed by atoms with Crippen molar-refractivity contribution in [2.24, 2.45) is 5.92 Å². The van der Waals surface area contributed by atoms with E-state index in [0.717, 1.165) is 5.56 Å². The first-order chi connectivity index (χ1) is 8.43. The van der Waals surface area contributed by atoms with Crippen LogP contribution in [0.1, 0.15) is 32.3 Å². The van der Waals surface area contributed by atoms with Gasteiger partial charge in [-0.3, -0.25) is 9.59 Å². The zero-order valence-electron chi connectivity index (χ0n) is 10.9. The van der Waals surface area contributed by atoms with Crippen molar-refractivity contribution < 1.29 is 14.7 Å². The summed E-state index contributed by atoms with van der Waals surface area (Å²) in [7, 11) is 0. The van der Waals surface area contributed by atoms with Crippen molar-refractivity contribution in [3.8, 4) is 0 Å². The minimum atomic E-state index is -1.03. The van der Waals surface area contributed by atoms with Crippen LogP contribution in [0, 0.1) is 5.92 Å². The van der Waals surface area contributed by atoms with Gasteiger partial charge in [-0.05, 0) is 18.4 Å². The van der Waals surface area contributed by atoms with E-state index >= 15 is 0 Å². The fraction of sp³-hybridized carbons (Fsp3) is 0.429. The molecule has 1 rings (SSSR count). The predicted molar refractivity (Wildman–Crippen MR) is 69.3 cm³/mol. The van der Waals surface area contributed by atoms with Crippen LogP contribution >= 0.6 is 0 Å². The molecule has 1 amide bonds. The van der Waals surface area contributed by atoms with Gasteiger partial charge in [0.25, 0.3) is 0 Å². The number of amides is 1. The van der Waals surface area contributed by atoms with Crippen molar-refractivity contribution in [2.75, 3.05) is 0 Å². The average Bonchev–Trinajstić information content (AvgIpc) is 2.29. The van der Waals surface area contributed by atoms with Crippen LogP contribution in [-0.4, -0.2) is 23.0 Å². The lowest BCUT2D eigenvalue weighted by molar-refractivity contribution is -0.141. The summed E-state index contributed by atoms with van der Waals surface area (Å²) in [4.78, 5) is 22.9. The Morgan fingerprint density at radius 1 is 1.11 bits per heavy atom. The van der Waals surface area contributed by atoms with E-state index in [1.165, 1.54) is 6.92 Å². The van der Waals surface area contributed by atoms with E-state index in [9.17, 15) is 9.59 Å². The minimum absolute atomic E-state index is 0.105. The van der Waals surface area contributed by atoms with E-state index in [2.05, 4.69) is 5.32 Å². The number of hydrogen-bond acceptors (Lipinski definition) is 2. The largest absolute Gasteiger partial charge is 0.480 e. The van der Waals surface area contributed by atoms with Crippen LogP contribution in [-0.2, 0) is 9.59 Å². The Kier molecular flexibility index (Phi) is 4.89. The molecular weight excluding hydrogens is 230 g/mol. The Balaban J connectivity index is 2.87. The number of rotatable bonds is 5.